The molecule has 1 aliphatic carbocycles. The lowest BCUT2D eigenvalue weighted by molar-refractivity contribution is 0.0946. The number of carbonyl (C=O) groups is 2. The fraction of sp³-hybridized carbons (Fsp3) is 0.0714. The number of hydrogen-bond acceptors (Lipinski definition) is 7. The number of benzene rings is 2. The minimum absolute atomic E-state index is 0.256. The van der Waals surface area contributed by atoms with Gasteiger partial charge in [-0.25, -0.2) is 9.97 Å². The molecule has 37 heavy (non-hydrogen) atoms. The van der Waals surface area contributed by atoms with Crippen LogP contribution in [-0.2, 0) is 0 Å². The molecular formula is C28H22N6O2S. The molecule has 1 atom stereocenters. The van der Waals surface area contributed by atoms with Gasteiger partial charge in [-0.2, -0.15) is 0 Å². The summed E-state index contributed by atoms with van der Waals surface area (Å²) in [6.45, 7) is 0. The number of hydrogen-bond donors (Lipinski definition) is 4. The van der Waals surface area contributed by atoms with E-state index in [-0.39, 0.29) is 17.9 Å². The lowest BCUT2D eigenvalue weighted by atomic mass is 10.1. The van der Waals surface area contributed by atoms with E-state index in [1.54, 1.807) is 36.4 Å². The smallest absolute Gasteiger partial charge is 0.265 e. The van der Waals surface area contributed by atoms with Crippen LogP contribution in [0, 0.1) is 12.3 Å². The summed E-state index contributed by atoms with van der Waals surface area (Å²) in [4.78, 5) is 35.1. The summed E-state index contributed by atoms with van der Waals surface area (Å²) >= 11 is 1.11. The van der Waals surface area contributed by atoms with Crippen molar-refractivity contribution in [1.82, 2.24) is 15.3 Å². The molecular weight excluding hydrogens is 484 g/mol. The van der Waals surface area contributed by atoms with Crippen LogP contribution in [-0.4, -0.2) is 27.8 Å². The number of nitrogens with two attached hydrogens (primary N) is 1. The first-order valence-corrected chi connectivity index (χ1v) is 12.2. The van der Waals surface area contributed by atoms with E-state index < -0.39 is 0 Å². The van der Waals surface area contributed by atoms with Crippen molar-refractivity contribution in [2.75, 3.05) is 10.6 Å². The third-order valence-electron chi connectivity index (χ3n) is 5.74. The van der Waals surface area contributed by atoms with E-state index >= 15 is 0 Å². The maximum atomic E-state index is 12.9. The molecule has 0 radical (unpaired) electrons. The predicted octanol–water partition coefficient (Wildman–Crippen LogP) is 4.57. The molecule has 0 aliphatic heterocycles. The first-order chi connectivity index (χ1) is 18.0. The lowest BCUT2D eigenvalue weighted by Gasteiger charge is -2.19. The summed E-state index contributed by atoms with van der Waals surface area (Å²) < 4.78 is 0. The highest BCUT2D eigenvalue weighted by atomic mass is 32.1. The number of fused-ring (bicyclic) bond motifs is 1. The number of amides is 2. The highest BCUT2D eigenvalue weighted by Gasteiger charge is 2.19. The molecule has 0 saturated heterocycles. The SMILES string of the molecule is C#Cc1cccc(Nc2ncnc3ccc(NC(=O)c4ccc(C(=O)NC5CC=CC=C5N)s4)cc23)c1. The second-order valence-corrected chi connectivity index (χ2v) is 9.36. The minimum atomic E-state index is -0.323. The number of rotatable bonds is 6. The number of nitrogens with zero attached hydrogens (tertiary/aromatic N) is 2. The molecule has 9 heteroatoms. The molecule has 182 valence electrons. The van der Waals surface area contributed by atoms with Gasteiger partial charge in [-0.1, -0.05) is 24.1 Å². The zero-order valence-electron chi connectivity index (χ0n) is 19.6. The van der Waals surface area contributed by atoms with E-state index in [1.807, 2.05) is 36.4 Å². The summed E-state index contributed by atoms with van der Waals surface area (Å²) in [6, 6.07) is 15.8. The molecule has 0 spiro atoms. The topological polar surface area (TPSA) is 122 Å². The van der Waals surface area contributed by atoms with Gasteiger partial charge in [0.25, 0.3) is 11.8 Å². The minimum Gasteiger partial charge on any atom is -0.400 e. The Kier molecular flexibility index (Phi) is 6.66. The monoisotopic (exact) mass is 506 g/mol. The van der Waals surface area contributed by atoms with E-state index in [0.29, 0.717) is 38.9 Å². The largest absolute Gasteiger partial charge is 0.400 e. The highest BCUT2D eigenvalue weighted by molar-refractivity contribution is 7.16. The molecule has 2 amide bonds. The first kappa shape index (κ1) is 23.8. The Labute approximate surface area is 217 Å². The quantitative estimate of drug-likeness (QED) is 0.284. The lowest BCUT2D eigenvalue weighted by Crippen LogP contribution is -2.38. The van der Waals surface area contributed by atoms with Crippen molar-refractivity contribution in [2.24, 2.45) is 5.73 Å². The van der Waals surface area contributed by atoms with Crippen LogP contribution >= 0.6 is 11.3 Å². The van der Waals surface area contributed by atoms with Crippen molar-refractivity contribution in [1.29, 1.82) is 0 Å². The molecule has 5 rings (SSSR count). The van der Waals surface area contributed by atoms with Crippen molar-refractivity contribution in [3.05, 3.63) is 100 Å². The Morgan fingerprint density at radius 3 is 2.68 bits per heavy atom. The molecule has 4 aromatic rings. The van der Waals surface area contributed by atoms with Gasteiger partial charge in [0.15, 0.2) is 0 Å². The van der Waals surface area contributed by atoms with Crippen LogP contribution in [0.3, 0.4) is 0 Å². The zero-order chi connectivity index (χ0) is 25.8. The van der Waals surface area contributed by atoms with Gasteiger partial charge >= 0.3 is 0 Å². The maximum Gasteiger partial charge on any atom is 0.265 e. The predicted molar refractivity (Wildman–Crippen MR) is 147 cm³/mol. The van der Waals surface area contributed by atoms with Crippen LogP contribution < -0.4 is 21.7 Å². The average Bonchev–Trinajstić information content (AvgIpc) is 3.41. The van der Waals surface area contributed by atoms with Crippen molar-refractivity contribution < 1.29 is 9.59 Å². The van der Waals surface area contributed by atoms with Gasteiger partial charge in [0.05, 0.1) is 21.3 Å². The average molecular weight is 507 g/mol. The van der Waals surface area contributed by atoms with Crippen LogP contribution in [0.1, 0.15) is 31.3 Å². The summed E-state index contributed by atoms with van der Waals surface area (Å²) in [5, 5.41) is 9.79. The van der Waals surface area contributed by atoms with E-state index in [4.69, 9.17) is 12.2 Å². The van der Waals surface area contributed by atoms with Crippen LogP contribution in [0.5, 0.6) is 0 Å². The summed E-state index contributed by atoms with van der Waals surface area (Å²) in [5.41, 5.74) is 9.38. The first-order valence-electron chi connectivity index (χ1n) is 11.4. The number of allylic oxidation sites excluding steroid dienone is 2. The Balaban J connectivity index is 1.31. The van der Waals surface area contributed by atoms with Crippen LogP contribution in [0.25, 0.3) is 10.9 Å². The number of nitrogens with one attached hydrogen (secondary N) is 3. The fourth-order valence-corrected chi connectivity index (χ4v) is 4.65. The molecule has 0 saturated carbocycles. The molecule has 2 aromatic heterocycles. The van der Waals surface area contributed by atoms with Crippen molar-refractivity contribution in [2.45, 2.75) is 12.5 Å². The van der Waals surface area contributed by atoms with Gasteiger partial charge in [0.2, 0.25) is 0 Å². The Bertz CT molecular complexity index is 1610. The van der Waals surface area contributed by atoms with E-state index in [0.717, 1.165) is 28.0 Å². The van der Waals surface area contributed by atoms with Crippen molar-refractivity contribution in [3.8, 4) is 12.3 Å². The summed E-state index contributed by atoms with van der Waals surface area (Å²) in [6.07, 6.45) is 13.2. The number of carbonyl (C=O) groups excluding carboxylic acids is 2. The summed E-state index contributed by atoms with van der Waals surface area (Å²) in [7, 11) is 0. The number of terminal acetylenes is 1. The molecule has 1 unspecified atom stereocenters. The van der Waals surface area contributed by atoms with Gasteiger partial charge in [-0.3, -0.25) is 9.59 Å². The zero-order valence-corrected chi connectivity index (χ0v) is 20.4. The number of anilines is 3. The normalized spacial score (nSPS) is 14.5. The number of aromatic nitrogens is 2. The second-order valence-electron chi connectivity index (χ2n) is 8.28. The standard InChI is InChI=1S/C28H22N6O2S/c1-2-17-6-5-7-18(14-17)32-26-20-15-19(10-11-22(20)30-16-31-26)33-27(35)24-12-13-25(37-24)28(36)34-23-9-4-3-8-21(23)29/h1,3-8,10-16,23H,9,29H2,(H,33,35)(H,34,36)(H,30,31,32). The molecule has 1 aliphatic rings. The molecule has 5 N–H and O–H groups in total. The van der Waals surface area contributed by atoms with Crippen LogP contribution in [0.15, 0.2) is 84.8 Å². The highest BCUT2D eigenvalue weighted by Crippen LogP contribution is 2.27. The maximum absolute atomic E-state index is 12.9. The van der Waals surface area contributed by atoms with E-state index in [2.05, 4.69) is 31.8 Å². The van der Waals surface area contributed by atoms with E-state index in [1.165, 1.54) is 6.33 Å². The Hall–Kier alpha value is -4.94. The number of thiophene rings is 1. The van der Waals surface area contributed by atoms with Crippen LogP contribution in [0.2, 0.25) is 0 Å². The van der Waals surface area contributed by atoms with Gasteiger partial charge in [0, 0.05) is 28.0 Å². The molecule has 0 bridgehead atoms. The van der Waals surface area contributed by atoms with E-state index in [9.17, 15) is 9.59 Å². The molecule has 2 heterocycles. The molecule has 2 aromatic carbocycles. The fourth-order valence-electron chi connectivity index (χ4n) is 3.85. The second kappa shape index (κ2) is 10.4. The Morgan fingerprint density at radius 1 is 1.03 bits per heavy atom. The van der Waals surface area contributed by atoms with Crippen LogP contribution in [0.4, 0.5) is 17.2 Å². The molecule has 8 nitrogen and oxygen atoms in total. The van der Waals surface area contributed by atoms with Crippen molar-refractivity contribution in [3.63, 3.8) is 0 Å². The van der Waals surface area contributed by atoms with Gasteiger partial charge in [-0.15, -0.1) is 17.8 Å². The van der Waals surface area contributed by atoms with Gasteiger partial charge < -0.3 is 21.7 Å². The van der Waals surface area contributed by atoms with Crippen molar-refractivity contribution >= 4 is 51.2 Å². The van der Waals surface area contributed by atoms with Gasteiger partial charge in [0.1, 0.15) is 12.1 Å². The third-order valence-corrected chi connectivity index (χ3v) is 6.83. The van der Waals surface area contributed by atoms with Gasteiger partial charge in [-0.05, 0) is 61.0 Å². The Morgan fingerprint density at radius 2 is 1.86 bits per heavy atom. The molecule has 0 fully saturated rings. The summed E-state index contributed by atoms with van der Waals surface area (Å²) in [5.74, 6) is 2.60. The third kappa shape index (κ3) is 5.34.